The lowest BCUT2D eigenvalue weighted by atomic mass is 9.87. The van der Waals surface area contributed by atoms with Crippen molar-refractivity contribution in [3.63, 3.8) is 0 Å². The molecule has 0 unspecified atom stereocenters. The van der Waals surface area contributed by atoms with E-state index in [4.69, 9.17) is 4.98 Å². The lowest BCUT2D eigenvalue weighted by Crippen LogP contribution is -1.92. The van der Waals surface area contributed by atoms with E-state index >= 15 is 0 Å². The number of nitrogens with zero attached hydrogens (tertiary/aromatic N) is 1. The van der Waals surface area contributed by atoms with E-state index in [0.717, 1.165) is 5.52 Å². The van der Waals surface area contributed by atoms with E-state index in [0.29, 0.717) is 0 Å². The Kier molecular flexibility index (Phi) is 4.85. The van der Waals surface area contributed by atoms with E-state index in [1.807, 2.05) is 12.3 Å². The summed E-state index contributed by atoms with van der Waals surface area (Å²) in [5.74, 6) is 0. The summed E-state index contributed by atoms with van der Waals surface area (Å²) in [6.07, 6.45) is 1.90. The average Bonchev–Trinajstić information content (AvgIpc) is 2.96. The Labute approximate surface area is 210 Å². The highest BCUT2D eigenvalue weighted by Crippen LogP contribution is 2.43. The van der Waals surface area contributed by atoms with Crippen LogP contribution in [0.2, 0.25) is 0 Å². The fourth-order valence-electron chi connectivity index (χ4n) is 5.53. The quantitative estimate of drug-likeness (QED) is 0.241. The van der Waals surface area contributed by atoms with E-state index in [9.17, 15) is 0 Å². The number of benzene rings is 6. The van der Waals surface area contributed by atoms with Gasteiger partial charge in [-0.15, -0.1) is 0 Å². The van der Waals surface area contributed by atoms with Crippen LogP contribution in [0.5, 0.6) is 0 Å². The molecule has 1 aromatic heterocycles. The minimum atomic E-state index is 1.04. The lowest BCUT2D eigenvalue weighted by molar-refractivity contribution is 1.42. The summed E-state index contributed by atoms with van der Waals surface area (Å²) in [6, 6.07) is 47.7. The van der Waals surface area contributed by atoms with Crippen LogP contribution in [0.15, 0.2) is 140 Å². The normalized spacial score (nSPS) is 11.3. The van der Waals surface area contributed by atoms with Crippen LogP contribution in [0.25, 0.3) is 65.8 Å². The average molecular weight is 458 g/mol. The van der Waals surface area contributed by atoms with Crippen LogP contribution in [0.4, 0.5) is 0 Å². The smallest absolute Gasteiger partial charge is 0.0792 e. The molecule has 0 bridgehead atoms. The van der Waals surface area contributed by atoms with Crippen LogP contribution in [-0.2, 0) is 0 Å². The SMILES string of the molecule is c1ccc(-c2c3ccccc3c(-c3cccc(-c4cccc5ccccc45)c3)c3cccnc23)cc1. The number of rotatable bonds is 3. The summed E-state index contributed by atoms with van der Waals surface area (Å²) < 4.78 is 0. The first-order chi connectivity index (χ1) is 17.9. The Balaban J connectivity index is 1.55. The minimum Gasteiger partial charge on any atom is -0.256 e. The van der Waals surface area contributed by atoms with Crippen molar-refractivity contribution in [2.75, 3.05) is 0 Å². The molecule has 0 amide bonds. The summed E-state index contributed by atoms with van der Waals surface area (Å²) in [6.45, 7) is 0. The zero-order valence-electron chi connectivity index (χ0n) is 19.7. The van der Waals surface area contributed by atoms with Gasteiger partial charge in [0.25, 0.3) is 0 Å². The van der Waals surface area contributed by atoms with Gasteiger partial charge in [0.15, 0.2) is 0 Å². The topological polar surface area (TPSA) is 12.9 Å². The molecule has 6 aromatic carbocycles. The molecule has 7 rings (SSSR count). The first-order valence-corrected chi connectivity index (χ1v) is 12.3. The van der Waals surface area contributed by atoms with E-state index in [1.54, 1.807) is 0 Å². The Morgan fingerprint density at radius 3 is 1.86 bits per heavy atom. The standard InChI is InChI=1S/C35H23N/c1-2-12-25(13-3-1)34-31-19-7-6-18-30(31)33(32-21-10-22-36-35(32)34)27-16-8-15-26(23-27)29-20-9-14-24-11-4-5-17-28(24)29/h1-23H. The first kappa shape index (κ1) is 20.6. The van der Waals surface area contributed by atoms with Crippen molar-refractivity contribution in [2.45, 2.75) is 0 Å². The van der Waals surface area contributed by atoms with E-state index in [-0.39, 0.29) is 0 Å². The second kappa shape index (κ2) is 8.48. The molecule has 0 N–H and O–H groups in total. The third-order valence-electron chi connectivity index (χ3n) is 7.09. The van der Waals surface area contributed by atoms with Crippen LogP contribution < -0.4 is 0 Å². The molecule has 1 nitrogen and oxygen atoms in total. The van der Waals surface area contributed by atoms with Crippen molar-refractivity contribution in [1.82, 2.24) is 4.98 Å². The third kappa shape index (κ3) is 3.29. The monoisotopic (exact) mass is 457 g/mol. The maximum Gasteiger partial charge on any atom is 0.0792 e. The maximum absolute atomic E-state index is 4.92. The molecule has 36 heavy (non-hydrogen) atoms. The second-order valence-corrected chi connectivity index (χ2v) is 9.17. The highest BCUT2D eigenvalue weighted by Gasteiger charge is 2.17. The largest absolute Gasteiger partial charge is 0.256 e. The predicted molar refractivity (Wildman–Crippen MR) is 153 cm³/mol. The highest BCUT2D eigenvalue weighted by molar-refractivity contribution is 6.20. The van der Waals surface area contributed by atoms with Gasteiger partial charge in [0.1, 0.15) is 0 Å². The molecule has 0 saturated carbocycles. The molecule has 0 atom stereocenters. The molecule has 0 aliphatic carbocycles. The Morgan fingerprint density at radius 1 is 0.389 bits per heavy atom. The van der Waals surface area contributed by atoms with Crippen molar-refractivity contribution in [3.05, 3.63) is 140 Å². The first-order valence-electron chi connectivity index (χ1n) is 12.3. The second-order valence-electron chi connectivity index (χ2n) is 9.17. The Bertz CT molecular complexity index is 1820. The summed E-state index contributed by atoms with van der Waals surface area (Å²) >= 11 is 0. The minimum absolute atomic E-state index is 1.04. The maximum atomic E-state index is 4.92. The molecular weight excluding hydrogens is 434 g/mol. The van der Waals surface area contributed by atoms with Crippen LogP contribution in [0, 0.1) is 0 Å². The predicted octanol–water partition coefficient (Wildman–Crippen LogP) is 9.54. The molecule has 0 radical (unpaired) electrons. The lowest BCUT2D eigenvalue weighted by Gasteiger charge is -2.17. The number of fused-ring (bicyclic) bond motifs is 3. The fourth-order valence-corrected chi connectivity index (χ4v) is 5.53. The van der Waals surface area contributed by atoms with Crippen LogP contribution >= 0.6 is 0 Å². The highest BCUT2D eigenvalue weighted by atomic mass is 14.7. The van der Waals surface area contributed by atoms with Gasteiger partial charge in [-0.1, -0.05) is 121 Å². The van der Waals surface area contributed by atoms with Crippen LogP contribution in [0.3, 0.4) is 0 Å². The van der Waals surface area contributed by atoms with Crippen molar-refractivity contribution in [3.8, 4) is 33.4 Å². The van der Waals surface area contributed by atoms with Gasteiger partial charge in [0, 0.05) is 17.1 Å². The molecule has 0 saturated heterocycles. The third-order valence-corrected chi connectivity index (χ3v) is 7.09. The number of hydrogen-bond donors (Lipinski definition) is 0. The van der Waals surface area contributed by atoms with Crippen molar-refractivity contribution in [1.29, 1.82) is 0 Å². The number of aromatic nitrogens is 1. The van der Waals surface area contributed by atoms with Crippen molar-refractivity contribution in [2.24, 2.45) is 0 Å². The van der Waals surface area contributed by atoms with Crippen molar-refractivity contribution < 1.29 is 0 Å². The Hall–Kier alpha value is -4.75. The van der Waals surface area contributed by atoms with Gasteiger partial charge in [-0.05, 0) is 61.5 Å². The van der Waals surface area contributed by atoms with Crippen molar-refractivity contribution >= 4 is 32.4 Å². The van der Waals surface area contributed by atoms with E-state index < -0.39 is 0 Å². The van der Waals surface area contributed by atoms with Gasteiger partial charge >= 0.3 is 0 Å². The van der Waals surface area contributed by atoms with Gasteiger partial charge in [-0.25, -0.2) is 0 Å². The van der Waals surface area contributed by atoms with Gasteiger partial charge < -0.3 is 0 Å². The van der Waals surface area contributed by atoms with Gasteiger partial charge in [0.2, 0.25) is 0 Å². The number of pyridine rings is 1. The fraction of sp³-hybridized carbons (Fsp3) is 0. The Morgan fingerprint density at radius 2 is 1.00 bits per heavy atom. The number of hydrogen-bond acceptors (Lipinski definition) is 1. The van der Waals surface area contributed by atoms with Gasteiger partial charge in [0.05, 0.1) is 5.52 Å². The zero-order chi connectivity index (χ0) is 23.9. The van der Waals surface area contributed by atoms with Crippen LogP contribution in [0.1, 0.15) is 0 Å². The summed E-state index contributed by atoms with van der Waals surface area (Å²) in [5, 5.41) is 6.16. The molecule has 1 heteroatoms. The van der Waals surface area contributed by atoms with Gasteiger partial charge in [-0.3, -0.25) is 4.98 Å². The molecule has 0 aliphatic heterocycles. The molecule has 0 fully saturated rings. The summed E-state index contributed by atoms with van der Waals surface area (Å²) in [5.41, 5.74) is 8.32. The van der Waals surface area contributed by atoms with E-state index in [2.05, 4.69) is 127 Å². The molecule has 1 heterocycles. The molecule has 7 aromatic rings. The molecule has 0 aliphatic rings. The summed E-state index contributed by atoms with van der Waals surface area (Å²) in [4.78, 5) is 4.92. The summed E-state index contributed by atoms with van der Waals surface area (Å²) in [7, 11) is 0. The molecule has 168 valence electrons. The molecule has 0 spiro atoms. The van der Waals surface area contributed by atoms with E-state index in [1.165, 1.54) is 60.3 Å². The van der Waals surface area contributed by atoms with Crippen LogP contribution in [-0.4, -0.2) is 4.98 Å². The zero-order valence-corrected chi connectivity index (χ0v) is 19.7. The van der Waals surface area contributed by atoms with Gasteiger partial charge in [-0.2, -0.15) is 0 Å². The molecular formula is C35H23N.